The number of aromatic nitrogens is 3. The van der Waals surface area contributed by atoms with E-state index >= 15 is 0 Å². The molecule has 0 unspecified atom stereocenters. The molecule has 0 atom stereocenters. The van der Waals surface area contributed by atoms with Gasteiger partial charge in [0.25, 0.3) is 0 Å². The first-order valence-electron chi connectivity index (χ1n) is 5.03. The highest BCUT2D eigenvalue weighted by atomic mass is 16.5. The van der Waals surface area contributed by atoms with Crippen molar-refractivity contribution >= 4 is 5.65 Å². The topological polar surface area (TPSA) is 42.3 Å². The molecule has 1 N–H and O–H groups in total. The maximum absolute atomic E-state index is 5.20. The van der Waals surface area contributed by atoms with Gasteiger partial charge in [-0.05, 0) is 12.1 Å². The molecule has 0 saturated heterocycles. The molecule has 0 spiro atoms. The van der Waals surface area contributed by atoms with Crippen molar-refractivity contribution in [1.29, 1.82) is 0 Å². The molecule has 0 amide bonds. The van der Waals surface area contributed by atoms with Crippen molar-refractivity contribution in [3.8, 4) is 17.0 Å². The highest BCUT2D eigenvalue weighted by molar-refractivity contribution is 5.65. The number of nitrogens with one attached hydrogen (secondary N) is 1. The van der Waals surface area contributed by atoms with Gasteiger partial charge in [0, 0.05) is 24.0 Å². The number of fused-ring (bicyclic) bond motifs is 1. The molecule has 0 saturated carbocycles. The molecule has 4 heteroatoms. The lowest BCUT2D eigenvalue weighted by atomic mass is 10.1. The number of benzene rings is 1. The summed E-state index contributed by atoms with van der Waals surface area (Å²) in [6.07, 6.45) is 3.65. The first-order chi connectivity index (χ1) is 7.86. The molecule has 0 aliphatic heterocycles. The Labute approximate surface area is 92.5 Å². The quantitative estimate of drug-likeness (QED) is 0.710. The van der Waals surface area contributed by atoms with E-state index in [1.165, 1.54) is 0 Å². The Kier molecular flexibility index (Phi) is 1.93. The Hall–Kier alpha value is -2.23. The highest BCUT2D eigenvalue weighted by Gasteiger charge is 2.04. The van der Waals surface area contributed by atoms with E-state index in [2.05, 4.69) is 10.1 Å². The molecular weight excluding hydrogens is 202 g/mol. The van der Waals surface area contributed by atoms with Gasteiger partial charge in [-0.1, -0.05) is 12.1 Å². The summed E-state index contributed by atoms with van der Waals surface area (Å²) in [7, 11) is 1.67. The lowest BCUT2D eigenvalue weighted by Crippen LogP contribution is -1.85. The predicted molar refractivity (Wildman–Crippen MR) is 61.5 cm³/mol. The van der Waals surface area contributed by atoms with E-state index in [1.54, 1.807) is 13.3 Å². The highest BCUT2D eigenvalue weighted by Crippen LogP contribution is 2.23. The molecular formula is C12H11N3O. The zero-order valence-corrected chi connectivity index (χ0v) is 8.84. The molecule has 2 heterocycles. The fraction of sp³-hybridized carbons (Fsp3) is 0.0833. The average Bonchev–Trinajstić information content (AvgIpc) is 2.89. The molecule has 2 aromatic heterocycles. The first-order valence-corrected chi connectivity index (χ1v) is 5.03. The number of nitrogens with zero attached hydrogens (tertiary/aromatic N) is 2. The zero-order chi connectivity index (χ0) is 11.0. The second kappa shape index (κ2) is 3.41. The number of ether oxygens (including phenoxy) is 1. The molecule has 4 nitrogen and oxygen atoms in total. The van der Waals surface area contributed by atoms with Gasteiger partial charge in [0.2, 0.25) is 0 Å². The fourth-order valence-corrected chi connectivity index (χ4v) is 1.75. The van der Waals surface area contributed by atoms with Crippen LogP contribution in [0.2, 0.25) is 0 Å². The monoisotopic (exact) mass is 213 g/mol. The van der Waals surface area contributed by atoms with Crippen LogP contribution >= 0.6 is 0 Å². The Morgan fingerprint density at radius 3 is 3.06 bits per heavy atom. The van der Waals surface area contributed by atoms with Crippen molar-refractivity contribution in [2.24, 2.45) is 0 Å². The standard InChI is InChI=1S/C12H11N3O/c1-16-10-4-2-3-9(7-10)11-8-12-13-5-6-15(12)14-11/h2-8,14H,1H3. The number of H-pyrrole nitrogens is 1. The smallest absolute Gasteiger partial charge is 0.153 e. The maximum atomic E-state index is 5.20. The van der Waals surface area contributed by atoms with Crippen molar-refractivity contribution in [3.63, 3.8) is 0 Å². The minimum Gasteiger partial charge on any atom is -0.497 e. The molecule has 0 radical (unpaired) electrons. The van der Waals surface area contributed by atoms with Gasteiger partial charge in [-0.2, -0.15) is 0 Å². The van der Waals surface area contributed by atoms with Gasteiger partial charge in [-0.15, -0.1) is 0 Å². The summed E-state index contributed by atoms with van der Waals surface area (Å²) in [5, 5.41) is 3.24. The van der Waals surface area contributed by atoms with Gasteiger partial charge in [-0.3, -0.25) is 5.10 Å². The Balaban J connectivity index is 2.11. The normalized spacial score (nSPS) is 10.8. The molecule has 0 bridgehead atoms. The average molecular weight is 213 g/mol. The largest absolute Gasteiger partial charge is 0.497 e. The van der Waals surface area contributed by atoms with E-state index in [0.717, 1.165) is 22.7 Å². The summed E-state index contributed by atoms with van der Waals surface area (Å²) < 4.78 is 7.08. The van der Waals surface area contributed by atoms with E-state index in [9.17, 15) is 0 Å². The zero-order valence-electron chi connectivity index (χ0n) is 8.84. The number of imidazole rings is 1. The second-order valence-corrected chi connectivity index (χ2v) is 3.56. The van der Waals surface area contributed by atoms with Crippen molar-refractivity contribution in [2.45, 2.75) is 0 Å². The van der Waals surface area contributed by atoms with Crippen LogP contribution in [-0.4, -0.2) is 21.7 Å². The first kappa shape index (κ1) is 9.03. The lowest BCUT2D eigenvalue weighted by Gasteiger charge is -2.01. The predicted octanol–water partition coefficient (Wildman–Crippen LogP) is 2.34. The van der Waals surface area contributed by atoms with Crippen molar-refractivity contribution in [1.82, 2.24) is 14.6 Å². The SMILES string of the molecule is COc1cccc(-c2cc3nccn3[nH]2)c1. The molecule has 0 aliphatic rings. The fourth-order valence-electron chi connectivity index (χ4n) is 1.75. The minimum atomic E-state index is 0.852. The van der Waals surface area contributed by atoms with E-state index in [-0.39, 0.29) is 0 Å². The van der Waals surface area contributed by atoms with Crippen LogP contribution in [0.4, 0.5) is 0 Å². The Morgan fingerprint density at radius 1 is 1.31 bits per heavy atom. The van der Waals surface area contributed by atoms with Crippen LogP contribution in [0, 0.1) is 0 Å². The van der Waals surface area contributed by atoms with Crippen LogP contribution in [0.1, 0.15) is 0 Å². The van der Waals surface area contributed by atoms with Crippen LogP contribution in [0.3, 0.4) is 0 Å². The summed E-state index contributed by atoms with van der Waals surface area (Å²) in [5.41, 5.74) is 3.03. The molecule has 16 heavy (non-hydrogen) atoms. The van der Waals surface area contributed by atoms with Crippen LogP contribution in [-0.2, 0) is 0 Å². The van der Waals surface area contributed by atoms with E-state index in [1.807, 2.05) is 41.0 Å². The van der Waals surface area contributed by atoms with E-state index < -0.39 is 0 Å². The number of methoxy groups -OCH3 is 1. The van der Waals surface area contributed by atoms with Crippen molar-refractivity contribution in [3.05, 3.63) is 42.7 Å². The van der Waals surface area contributed by atoms with Gasteiger partial charge in [0.05, 0.1) is 12.8 Å². The summed E-state index contributed by atoms with van der Waals surface area (Å²) in [6.45, 7) is 0. The van der Waals surface area contributed by atoms with E-state index in [0.29, 0.717) is 0 Å². The summed E-state index contributed by atoms with van der Waals surface area (Å²) in [5.74, 6) is 0.852. The summed E-state index contributed by atoms with van der Waals surface area (Å²) >= 11 is 0. The molecule has 1 aromatic carbocycles. The van der Waals surface area contributed by atoms with E-state index in [4.69, 9.17) is 4.74 Å². The van der Waals surface area contributed by atoms with Crippen LogP contribution in [0.5, 0.6) is 5.75 Å². The van der Waals surface area contributed by atoms with Gasteiger partial charge in [0.15, 0.2) is 5.65 Å². The third-order valence-corrected chi connectivity index (χ3v) is 2.56. The Bertz CT molecular complexity index is 595. The van der Waals surface area contributed by atoms with Crippen LogP contribution in [0.25, 0.3) is 16.9 Å². The molecule has 80 valence electrons. The maximum Gasteiger partial charge on any atom is 0.153 e. The molecule has 0 fully saturated rings. The minimum absolute atomic E-state index is 0.852. The third kappa shape index (κ3) is 1.35. The second-order valence-electron chi connectivity index (χ2n) is 3.56. The lowest BCUT2D eigenvalue weighted by molar-refractivity contribution is 0.415. The summed E-state index contributed by atoms with van der Waals surface area (Å²) in [4.78, 5) is 4.21. The van der Waals surface area contributed by atoms with Gasteiger partial charge in [0.1, 0.15) is 5.75 Å². The molecule has 3 aromatic rings. The van der Waals surface area contributed by atoms with Gasteiger partial charge < -0.3 is 4.74 Å². The number of hydrogen-bond donors (Lipinski definition) is 1. The molecule has 0 aliphatic carbocycles. The van der Waals surface area contributed by atoms with Gasteiger partial charge >= 0.3 is 0 Å². The van der Waals surface area contributed by atoms with Crippen LogP contribution in [0.15, 0.2) is 42.7 Å². The van der Waals surface area contributed by atoms with Crippen molar-refractivity contribution in [2.75, 3.05) is 7.11 Å². The van der Waals surface area contributed by atoms with Crippen LogP contribution < -0.4 is 4.74 Å². The number of aromatic amines is 1. The summed E-state index contributed by atoms with van der Waals surface area (Å²) in [6, 6.07) is 9.93. The third-order valence-electron chi connectivity index (χ3n) is 2.56. The number of hydrogen-bond acceptors (Lipinski definition) is 2. The van der Waals surface area contributed by atoms with Crippen molar-refractivity contribution < 1.29 is 4.74 Å². The Morgan fingerprint density at radius 2 is 2.25 bits per heavy atom. The molecule has 3 rings (SSSR count). The van der Waals surface area contributed by atoms with Gasteiger partial charge in [-0.25, -0.2) is 9.50 Å². The number of rotatable bonds is 2.